The first kappa shape index (κ1) is 16.7. The first-order valence-corrected chi connectivity index (χ1v) is 7.91. The Morgan fingerprint density at radius 1 is 1.24 bits per heavy atom. The maximum absolute atomic E-state index is 12.0. The number of rotatable bonds is 5. The van der Waals surface area contributed by atoms with Crippen molar-refractivity contribution in [1.29, 1.82) is 0 Å². The van der Waals surface area contributed by atoms with Gasteiger partial charge in [-0.25, -0.2) is 9.78 Å². The molecule has 0 spiro atoms. The lowest BCUT2D eigenvalue weighted by Gasteiger charge is -2.13. The molecule has 0 saturated heterocycles. The zero-order valence-electron chi connectivity index (χ0n) is 13.8. The minimum absolute atomic E-state index is 0.129. The van der Waals surface area contributed by atoms with Crippen LogP contribution in [-0.4, -0.2) is 22.7 Å². The summed E-state index contributed by atoms with van der Waals surface area (Å²) in [5.74, 6) is 0.525. The van der Waals surface area contributed by atoms with Gasteiger partial charge in [-0.2, -0.15) is 0 Å². The number of nitrogens with one attached hydrogen (secondary N) is 2. The van der Waals surface area contributed by atoms with Crippen LogP contribution in [0.15, 0.2) is 65.4 Å². The zero-order chi connectivity index (χ0) is 17.6. The Hall–Kier alpha value is -3.12. The number of oxazole rings is 1. The summed E-state index contributed by atoms with van der Waals surface area (Å²) >= 11 is 0. The largest absolute Gasteiger partial charge is 0.445 e. The number of carbonyl (C=O) groups is 1. The van der Waals surface area contributed by atoms with Crippen molar-refractivity contribution in [3.05, 3.63) is 72.1 Å². The molecule has 0 bridgehead atoms. The molecule has 3 rings (SSSR count). The molecule has 2 aromatic carbocycles. The Kier molecular flexibility index (Phi) is 5.11. The number of aromatic nitrogens is 1. The molecular weight excluding hydrogens is 318 g/mol. The van der Waals surface area contributed by atoms with Crippen LogP contribution in [0, 0.1) is 6.92 Å². The molecule has 0 aliphatic carbocycles. The van der Waals surface area contributed by atoms with E-state index in [0.717, 1.165) is 16.7 Å². The molecule has 3 N–H and O–H groups in total. The third-order valence-corrected chi connectivity index (χ3v) is 3.70. The summed E-state index contributed by atoms with van der Waals surface area (Å²) in [6.45, 7) is 2.09. The summed E-state index contributed by atoms with van der Waals surface area (Å²) in [6, 6.07) is 14.3. The zero-order valence-corrected chi connectivity index (χ0v) is 13.8. The Bertz CT molecular complexity index is 829. The van der Waals surface area contributed by atoms with Gasteiger partial charge in [-0.05, 0) is 36.8 Å². The molecule has 1 unspecified atom stereocenters. The minimum Gasteiger partial charge on any atom is -0.445 e. The number of hydrogen-bond donors (Lipinski definition) is 3. The second-order valence-electron chi connectivity index (χ2n) is 5.68. The van der Waals surface area contributed by atoms with Crippen LogP contribution in [0.1, 0.15) is 17.2 Å². The number of urea groups is 1. The number of hydrogen-bond acceptors (Lipinski definition) is 4. The lowest BCUT2D eigenvalue weighted by Crippen LogP contribution is -2.32. The van der Waals surface area contributed by atoms with Crippen LogP contribution in [0.5, 0.6) is 0 Å². The highest BCUT2D eigenvalue weighted by atomic mass is 16.3. The average Bonchev–Trinajstić information content (AvgIpc) is 3.15. The van der Waals surface area contributed by atoms with E-state index in [-0.39, 0.29) is 12.6 Å². The van der Waals surface area contributed by atoms with Gasteiger partial charge in [0.2, 0.25) is 5.89 Å². The number of aryl methyl sites for hydroxylation is 1. The molecule has 1 aromatic heterocycles. The second kappa shape index (κ2) is 7.63. The fraction of sp³-hybridized carbons (Fsp3) is 0.158. The van der Waals surface area contributed by atoms with Crippen LogP contribution in [0.3, 0.4) is 0 Å². The van der Waals surface area contributed by atoms with Crippen LogP contribution in [-0.2, 0) is 0 Å². The topological polar surface area (TPSA) is 87.4 Å². The predicted octanol–water partition coefficient (Wildman–Crippen LogP) is 3.51. The van der Waals surface area contributed by atoms with Crippen molar-refractivity contribution in [2.24, 2.45) is 0 Å². The minimum atomic E-state index is -0.752. The third-order valence-electron chi connectivity index (χ3n) is 3.70. The molecule has 0 aliphatic rings. The SMILES string of the molecule is Cc1cccc(C(O)CNC(=O)Nc2ccc(-c3ncco3)cc2)c1. The van der Waals surface area contributed by atoms with Crippen molar-refractivity contribution in [2.45, 2.75) is 13.0 Å². The normalized spacial score (nSPS) is 11.8. The number of aliphatic hydroxyl groups is 1. The summed E-state index contributed by atoms with van der Waals surface area (Å²) < 4.78 is 5.22. The molecule has 2 amide bonds. The second-order valence-corrected chi connectivity index (χ2v) is 5.68. The summed E-state index contributed by atoms with van der Waals surface area (Å²) in [5.41, 5.74) is 3.30. The third kappa shape index (κ3) is 4.45. The first-order chi connectivity index (χ1) is 12.1. The van der Waals surface area contributed by atoms with E-state index in [1.165, 1.54) is 6.26 Å². The fourth-order valence-electron chi connectivity index (χ4n) is 2.42. The molecule has 1 heterocycles. The van der Waals surface area contributed by atoms with E-state index < -0.39 is 6.10 Å². The molecule has 6 heteroatoms. The molecule has 1 atom stereocenters. The number of aliphatic hydroxyl groups excluding tert-OH is 1. The molecule has 0 radical (unpaired) electrons. The Morgan fingerprint density at radius 2 is 2.04 bits per heavy atom. The highest BCUT2D eigenvalue weighted by Crippen LogP contribution is 2.19. The highest BCUT2D eigenvalue weighted by molar-refractivity contribution is 5.89. The van der Waals surface area contributed by atoms with Crippen LogP contribution in [0.4, 0.5) is 10.5 Å². The van der Waals surface area contributed by atoms with Gasteiger partial charge in [0, 0.05) is 17.8 Å². The van der Waals surface area contributed by atoms with Gasteiger partial charge in [-0.15, -0.1) is 0 Å². The molecule has 25 heavy (non-hydrogen) atoms. The van der Waals surface area contributed by atoms with Crippen molar-refractivity contribution >= 4 is 11.7 Å². The molecule has 0 fully saturated rings. The summed E-state index contributed by atoms with van der Waals surface area (Å²) in [5, 5.41) is 15.5. The number of anilines is 1. The fourth-order valence-corrected chi connectivity index (χ4v) is 2.42. The van der Waals surface area contributed by atoms with E-state index in [4.69, 9.17) is 4.42 Å². The number of nitrogens with zero attached hydrogens (tertiary/aromatic N) is 1. The van der Waals surface area contributed by atoms with Gasteiger partial charge < -0.3 is 20.2 Å². The van der Waals surface area contributed by atoms with Gasteiger partial charge in [0.05, 0.1) is 12.3 Å². The molecular formula is C19H19N3O3. The predicted molar refractivity (Wildman–Crippen MR) is 95.1 cm³/mol. The lowest BCUT2D eigenvalue weighted by atomic mass is 10.1. The lowest BCUT2D eigenvalue weighted by molar-refractivity contribution is 0.175. The van der Waals surface area contributed by atoms with Gasteiger partial charge in [-0.3, -0.25) is 0 Å². The number of amides is 2. The van der Waals surface area contributed by atoms with E-state index in [0.29, 0.717) is 11.6 Å². The van der Waals surface area contributed by atoms with Crippen molar-refractivity contribution in [3.8, 4) is 11.5 Å². The Labute approximate surface area is 145 Å². The van der Waals surface area contributed by atoms with Gasteiger partial charge in [0.15, 0.2) is 0 Å². The van der Waals surface area contributed by atoms with E-state index in [2.05, 4.69) is 15.6 Å². The van der Waals surface area contributed by atoms with Crippen LogP contribution < -0.4 is 10.6 Å². The van der Waals surface area contributed by atoms with E-state index in [1.807, 2.05) is 43.3 Å². The maximum atomic E-state index is 12.0. The van der Waals surface area contributed by atoms with Crippen molar-refractivity contribution in [2.75, 3.05) is 11.9 Å². The van der Waals surface area contributed by atoms with Crippen molar-refractivity contribution < 1.29 is 14.3 Å². The smallest absolute Gasteiger partial charge is 0.319 e. The van der Waals surface area contributed by atoms with Gasteiger partial charge in [0.25, 0.3) is 0 Å². The Balaban J connectivity index is 1.52. The summed E-state index contributed by atoms with van der Waals surface area (Å²) in [7, 11) is 0. The quantitative estimate of drug-likeness (QED) is 0.665. The van der Waals surface area contributed by atoms with Gasteiger partial charge in [-0.1, -0.05) is 29.8 Å². The van der Waals surface area contributed by atoms with Gasteiger partial charge in [0.1, 0.15) is 6.26 Å². The molecule has 0 aliphatic heterocycles. The van der Waals surface area contributed by atoms with Crippen LogP contribution in [0.25, 0.3) is 11.5 Å². The Morgan fingerprint density at radius 3 is 2.72 bits per heavy atom. The van der Waals surface area contributed by atoms with Crippen molar-refractivity contribution in [3.63, 3.8) is 0 Å². The standard InChI is InChI=1S/C19H19N3O3/c1-13-3-2-4-15(11-13)17(23)12-21-19(24)22-16-7-5-14(6-8-16)18-20-9-10-25-18/h2-11,17,23H,12H2,1H3,(H2,21,22,24). The number of carbonyl (C=O) groups excluding carboxylic acids is 1. The first-order valence-electron chi connectivity index (χ1n) is 7.91. The molecule has 6 nitrogen and oxygen atoms in total. The van der Waals surface area contributed by atoms with Gasteiger partial charge >= 0.3 is 6.03 Å². The molecule has 128 valence electrons. The summed E-state index contributed by atoms with van der Waals surface area (Å²) in [6.07, 6.45) is 2.33. The monoisotopic (exact) mass is 337 g/mol. The van der Waals surface area contributed by atoms with Crippen LogP contribution >= 0.6 is 0 Å². The highest BCUT2D eigenvalue weighted by Gasteiger charge is 2.10. The van der Waals surface area contributed by atoms with E-state index in [1.54, 1.807) is 18.3 Å². The van der Waals surface area contributed by atoms with Crippen LogP contribution in [0.2, 0.25) is 0 Å². The van der Waals surface area contributed by atoms with E-state index >= 15 is 0 Å². The molecule has 3 aromatic rings. The van der Waals surface area contributed by atoms with Crippen molar-refractivity contribution in [1.82, 2.24) is 10.3 Å². The summed E-state index contributed by atoms with van der Waals surface area (Å²) in [4.78, 5) is 16.0. The number of benzene rings is 2. The van der Waals surface area contributed by atoms with E-state index in [9.17, 15) is 9.90 Å². The maximum Gasteiger partial charge on any atom is 0.319 e. The average molecular weight is 337 g/mol. The molecule has 0 saturated carbocycles.